The van der Waals surface area contributed by atoms with Crippen molar-refractivity contribution in [3.63, 3.8) is 0 Å². The number of carbonyl (C=O) groups excluding carboxylic acids is 2. The van der Waals surface area contributed by atoms with E-state index in [0.717, 1.165) is 44.0 Å². The zero-order chi connectivity index (χ0) is 24.3. The summed E-state index contributed by atoms with van der Waals surface area (Å²) >= 11 is 0. The molecule has 2 fully saturated rings. The van der Waals surface area contributed by atoms with Crippen LogP contribution in [0.5, 0.6) is 0 Å². The molecule has 0 bridgehead atoms. The summed E-state index contributed by atoms with van der Waals surface area (Å²) < 4.78 is 0. The highest BCUT2D eigenvalue weighted by Gasteiger charge is 2.38. The van der Waals surface area contributed by atoms with Crippen LogP contribution >= 0.6 is 0 Å². The lowest BCUT2D eigenvalue weighted by Crippen LogP contribution is -2.60. The van der Waals surface area contributed by atoms with Gasteiger partial charge in [0.2, 0.25) is 5.91 Å². The molecule has 0 aliphatic carbocycles. The third kappa shape index (κ3) is 5.28. The van der Waals surface area contributed by atoms with Crippen molar-refractivity contribution in [1.29, 1.82) is 0 Å². The molecule has 3 heterocycles. The molecule has 8 nitrogen and oxygen atoms in total. The molecule has 1 atom stereocenters. The Morgan fingerprint density at radius 2 is 1.79 bits per heavy atom. The summed E-state index contributed by atoms with van der Waals surface area (Å²) in [6.45, 7) is 8.49. The van der Waals surface area contributed by atoms with Crippen LogP contribution in [0.2, 0.25) is 0 Å². The van der Waals surface area contributed by atoms with Gasteiger partial charge in [-0.3, -0.25) is 14.5 Å². The van der Waals surface area contributed by atoms with Crippen LogP contribution in [-0.2, 0) is 16.8 Å². The Morgan fingerprint density at radius 3 is 2.47 bits per heavy atom. The number of amides is 2. The zero-order valence-corrected chi connectivity index (χ0v) is 20.8. The van der Waals surface area contributed by atoms with Gasteiger partial charge in [0.05, 0.1) is 0 Å². The van der Waals surface area contributed by atoms with Crippen LogP contribution in [0.1, 0.15) is 47.3 Å². The smallest absolute Gasteiger partial charge is 0.273 e. The van der Waals surface area contributed by atoms with E-state index in [1.54, 1.807) is 18.0 Å². The molecule has 2 aliphatic heterocycles. The van der Waals surface area contributed by atoms with E-state index in [4.69, 9.17) is 9.97 Å². The molecule has 182 valence electrons. The van der Waals surface area contributed by atoms with Gasteiger partial charge >= 0.3 is 0 Å². The largest absolute Gasteiger partial charge is 0.357 e. The standard InChI is InChI=1S/C26H36N6O2/c1-19-16-21(29-25(28-19)26(2)10-12-30(4)13-11-26)24(34)32-15-14-31(18-22(32)23(33)27-3)17-20-8-6-5-7-9-20/h5-9,16,22H,10-15,17-18H2,1-4H3,(H,27,33)/t22-/m1/s1. The summed E-state index contributed by atoms with van der Waals surface area (Å²) in [5.74, 6) is 0.388. The van der Waals surface area contributed by atoms with Gasteiger partial charge in [0.25, 0.3) is 5.91 Å². The molecule has 2 aliphatic rings. The molecule has 2 amide bonds. The maximum absolute atomic E-state index is 13.7. The first-order valence-corrected chi connectivity index (χ1v) is 12.1. The molecular formula is C26H36N6O2. The zero-order valence-electron chi connectivity index (χ0n) is 20.8. The number of benzene rings is 1. The average Bonchev–Trinajstić information content (AvgIpc) is 2.85. The molecule has 0 radical (unpaired) electrons. The quantitative estimate of drug-likeness (QED) is 0.727. The van der Waals surface area contributed by atoms with Crippen molar-refractivity contribution in [2.75, 3.05) is 46.8 Å². The van der Waals surface area contributed by atoms with E-state index in [1.165, 1.54) is 5.56 Å². The normalized spacial score (nSPS) is 21.3. The Balaban J connectivity index is 1.55. The van der Waals surface area contributed by atoms with Crippen LogP contribution < -0.4 is 5.32 Å². The number of rotatable bonds is 5. The minimum absolute atomic E-state index is 0.151. The van der Waals surface area contributed by atoms with Crippen LogP contribution in [-0.4, -0.2) is 89.3 Å². The molecular weight excluding hydrogens is 428 g/mol. The highest BCUT2D eigenvalue weighted by atomic mass is 16.2. The Hall–Kier alpha value is -2.84. The molecule has 8 heteroatoms. The van der Waals surface area contributed by atoms with Gasteiger partial charge in [-0.15, -0.1) is 0 Å². The van der Waals surface area contributed by atoms with Gasteiger partial charge in [-0.25, -0.2) is 9.97 Å². The van der Waals surface area contributed by atoms with Crippen LogP contribution in [0.4, 0.5) is 0 Å². The van der Waals surface area contributed by atoms with E-state index < -0.39 is 6.04 Å². The number of nitrogens with zero attached hydrogens (tertiary/aromatic N) is 5. The molecule has 0 unspecified atom stereocenters. The molecule has 34 heavy (non-hydrogen) atoms. The summed E-state index contributed by atoms with van der Waals surface area (Å²) in [5.41, 5.74) is 2.21. The van der Waals surface area contributed by atoms with Crippen LogP contribution in [0.3, 0.4) is 0 Å². The van der Waals surface area contributed by atoms with E-state index in [9.17, 15) is 9.59 Å². The fourth-order valence-corrected chi connectivity index (χ4v) is 4.89. The van der Waals surface area contributed by atoms with Crippen molar-refractivity contribution in [2.24, 2.45) is 0 Å². The van der Waals surface area contributed by atoms with Gasteiger partial charge in [0.15, 0.2) is 0 Å². The monoisotopic (exact) mass is 464 g/mol. The van der Waals surface area contributed by atoms with E-state index in [2.05, 4.69) is 41.2 Å². The highest BCUT2D eigenvalue weighted by molar-refractivity contribution is 5.96. The second-order valence-corrected chi connectivity index (χ2v) is 9.93. The predicted molar refractivity (Wildman–Crippen MR) is 131 cm³/mol. The van der Waals surface area contributed by atoms with Crippen molar-refractivity contribution in [3.8, 4) is 0 Å². The van der Waals surface area contributed by atoms with Gasteiger partial charge in [-0.05, 0) is 51.5 Å². The van der Waals surface area contributed by atoms with Gasteiger partial charge in [0.1, 0.15) is 17.6 Å². The summed E-state index contributed by atoms with van der Waals surface area (Å²) in [6.07, 6.45) is 1.92. The number of nitrogens with one attached hydrogen (secondary N) is 1. The minimum atomic E-state index is -0.562. The number of carbonyl (C=O) groups is 2. The number of hydrogen-bond donors (Lipinski definition) is 1. The first kappa shape index (κ1) is 24.3. The van der Waals surface area contributed by atoms with E-state index >= 15 is 0 Å². The topological polar surface area (TPSA) is 81.7 Å². The lowest BCUT2D eigenvalue weighted by atomic mass is 9.79. The van der Waals surface area contributed by atoms with Gasteiger partial charge in [-0.2, -0.15) is 0 Å². The van der Waals surface area contributed by atoms with E-state index in [1.807, 2.05) is 25.1 Å². The fourth-order valence-electron chi connectivity index (χ4n) is 4.89. The van der Waals surface area contributed by atoms with Crippen molar-refractivity contribution in [3.05, 3.63) is 59.2 Å². The van der Waals surface area contributed by atoms with Crippen LogP contribution in [0.25, 0.3) is 0 Å². The van der Waals surface area contributed by atoms with Crippen LogP contribution in [0, 0.1) is 6.92 Å². The molecule has 0 spiro atoms. The summed E-state index contributed by atoms with van der Waals surface area (Å²) in [4.78, 5) is 42.2. The molecule has 1 aromatic heterocycles. The summed E-state index contributed by atoms with van der Waals surface area (Å²) in [6, 6.07) is 11.4. The molecule has 4 rings (SSSR count). The minimum Gasteiger partial charge on any atom is -0.357 e. The van der Waals surface area contributed by atoms with Crippen molar-refractivity contribution in [2.45, 2.75) is 44.7 Å². The molecule has 0 saturated carbocycles. The Labute approximate surface area is 202 Å². The third-order valence-corrected chi connectivity index (χ3v) is 7.23. The maximum Gasteiger partial charge on any atom is 0.273 e. The van der Waals surface area contributed by atoms with E-state index in [0.29, 0.717) is 25.3 Å². The summed E-state index contributed by atoms with van der Waals surface area (Å²) in [7, 11) is 3.75. The molecule has 2 saturated heterocycles. The van der Waals surface area contributed by atoms with Crippen molar-refractivity contribution >= 4 is 11.8 Å². The number of likely N-dealkylation sites (tertiary alicyclic amines) is 1. The summed E-state index contributed by atoms with van der Waals surface area (Å²) in [5, 5.41) is 2.74. The molecule has 2 aromatic rings. The second-order valence-electron chi connectivity index (χ2n) is 9.93. The van der Waals surface area contributed by atoms with Gasteiger partial charge in [-0.1, -0.05) is 37.3 Å². The van der Waals surface area contributed by atoms with Crippen LogP contribution in [0.15, 0.2) is 36.4 Å². The predicted octanol–water partition coefficient (Wildman–Crippen LogP) is 1.84. The lowest BCUT2D eigenvalue weighted by molar-refractivity contribution is -0.127. The first-order valence-electron chi connectivity index (χ1n) is 12.1. The van der Waals surface area contributed by atoms with Crippen molar-refractivity contribution < 1.29 is 9.59 Å². The number of piperidine rings is 1. The Bertz CT molecular complexity index is 1020. The van der Waals surface area contributed by atoms with Gasteiger partial charge in [0, 0.05) is 44.3 Å². The first-order chi connectivity index (χ1) is 16.3. The lowest BCUT2D eigenvalue weighted by Gasteiger charge is -2.40. The second kappa shape index (κ2) is 10.2. The van der Waals surface area contributed by atoms with E-state index in [-0.39, 0.29) is 17.2 Å². The Morgan fingerprint density at radius 1 is 1.09 bits per heavy atom. The number of hydrogen-bond acceptors (Lipinski definition) is 6. The number of aromatic nitrogens is 2. The molecule has 1 aromatic carbocycles. The number of piperazine rings is 1. The molecule has 1 N–H and O–H groups in total. The fraction of sp³-hybridized carbons (Fsp3) is 0.538. The SMILES string of the molecule is CNC(=O)[C@H]1CN(Cc2ccccc2)CCN1C(=O)c1cc(C)nc(C2(C)CCN(C)CC2)n1. The maximum atomic E-state index is 13.7. The number of aryl methyl sites for hydroxylation is 1. The Kier molecular flexibility index (Phi) is 7.28. The third-order valence-electron chi connectivity index (χ3n) is 7.23. The number of likely N-dealkylation sites (N-methyl/N-ethyl adjacent to an activating group) is 1. The van der Waals surface area contributed by atoms with Crippen molar-refractivity contribution in [1.82, 2.24) is 30.0 Å². The van der Waals surface area contributed by atoms with Gasteiger partial charge < -0.3 is 15.1 Å². The highest BCUT2D eigenvalue weighted by Crippen LogP contribution is 2.33. The average molecular weight is 465 g/mol.